The molecule has 0 bridgehead atoms. The number of ether oxygens (including phenoxy) is 1. The number of aromatic amines is 1. The molecular weight excluding hydrogens is 294 g/mol. The summed E-state index contributed by atoms with van der Waals surface area (Å²) in [6.07, 6.45) is 0.222. The lowest BCUT2D eigenvalue weighted by Crippen LogP contribution is -2.31. The van der Waals surface area contributed by atoms with E-state index in [0.29, 0.717) is 30.8 Å². The number of hydrogen-bond donors (Lipinski definition) is 2. The Morgan fingerprint density at radius 3 is 3.14 bits per heavy atom. The standard InChI is InChI=1S/C12H19N5O3S/c1-3-21-12-14-11(15-16-12)13-10(19)8-6-9(18)17(7-8)4-5-20-2/h8H,3-7H2,1-2H3,(H2,13,14,15,16,19). The highest BCUT2D eigenvalue weighted by molar-refractivity contribution is 7.99. The van der Waals surface area contributed by atoms with Gasteiger partial charge in [0.2, 0.25) is 22.9 Å². The Balaban J connectivity index is 1.87. The van der Waals surface area contributed by atoms with Crippen LogP contribution in [0, 0.1) is 5.92 Å². The van der Waals surface area contributed by atoms with Crippen LogP contribution < -0.4 is 5.32 Å². The van der Waals surface area contributed by atoms with Gasteiger partial charge in [0.1, 0.15) is 0 Å². The molecule has 0 aromatic carbocycles. The van der Waals surface area contributed by atoms with Crippen molar-refractivity contribution in [1.82, 2.24) is 20.1 Å². The van der Waals surface area contributed by atoms with Crippen LogP contribution in [0.5, 0.6) is 0 Å². The summed E-state index contributed by atoms with van der Waals surface area (Å²) < 4.78 is 4.95. The second-order valence-electron chi connectivity index (χ2n) is 4.62. The molecule has 2 rings (SSSR count). The summed E-state index contributed by atoms with van der Waals surface area (Å²) >= 11 is 1.48. The summed E-state index contributed by atoms with van der Waals surface area (Å²) in [4.78, 5) is 29.7. The highest BCUT2D eigenvalue weighted by atomic mass is 32.2. The molecule has 8 nitrogen and oxygen atoms in total. The Labute approximate surface area is 127 Å². The van der Waals surface area contributed by atoms with Gasteiger partial charge in [-0.25, -0.2) is 5.10 Å². The molecular formula is C12H19N5O3S. The summed E-state index contributed by atoms with van der Waals surface area (Å²) in [5, 5.41) is 9.91. The number of anilines is 1. The van der Waals surface area contributed by atoms with Crippen LogP contribution in [0.3, 0.4) is 0 Å². The number of likely N-dealkylation sites (tertiary alicyclic amines) is 1. The Kier molecular flexibility index (Phi) is 5.57. The van der Waals surface area contributed by atoms with Crippen molar-refractivity contribution in [1.29, 1.82) is 0 Å². The molecule has 2 N–H and O–H groups in total. The Morgan fingerprint density at radius 2 is 2.43 bits per heavy atom. The fraction of sp³-hybridized carbons (Fsp3) is 0.667. The van der Waals surface area contributed by atoms with Crippen molar-refractivity contribution in [3.05, 3.63) is 0 Å². The van der Waals surface area contributed by atoms with Gasteiger partial charge >= 0.3 is 0 Å². The number of nitrogens with zero attached hydrogens (tertiary/aromatic N) is 3. The number of H-pyrrole nitrogens is 1. The maximum atomic E-state index is 12.1. The minimum absolute atomic E-state index is 0.0213. The number of aromatic nitrogens is 3. The molecule has 1 aromatic rings. The van der Waals surface area contributed by atoms with Crippen molar-refractivity contribution >= 4 is 29.5 Å². The van der Waals surface area contributed by atoms with Crippen LogP contribution in [0.15, 0.2) is 5.16 Å². The van der Waals surface area contributed by atoms with Gasteiger partial charge in [-0.05, 0) is 5.75 Å². The number of methoxy groups -OCH3 is 1. The number of carbonyl (C=O) groups excluding carboxylic acids is 2. The van der Waals surface area contributed by atoms with Gasteiger partial charge in [0.15, 0.2) is 0 Å². The van der Waals surface area contributed by atoms with E-state index >= 15 is 0 Å². The van der Waals surface area contributed by atoms with Crippen LogP contribution in [0.1, 0.15) is 13.3 Å². The van der Waals surface area contributed by atoms with Gasteiger partial charge < -0.3 is 9.64 Å². The fourth-order valence-corrected chi connectivity index (χ4v) is 2.60. The van der Waals surface area contributed by atoms with E-state index in [1.165, 1.54) is 11.8 Å². The second kappa shape index (κ2) is 7.41. The summed E-state index contributed by atoms with van der Waals surface area (Å²) in [6.45, 7) is 3.40. The molecule has 0 spiro atoms. The average Bonchev–Trinajstić information content (AvgIpc) is 3.04. The molecule has 1 atom stereocenters. The number of nitrogens with one attached hydrogen (secondary N) is 2. The molecule has 1 aliphatic heterocycles. The molecule has 21 heavy (non-hydrogen) atoms. The van der Waals surface area contributed by atoms with Crippen molar-refractivity contribution in [2.75, 3.05) is 37.9 Å². The molecule has 1 unspecified atom stereocenters. The first-order chi connectivity index (χ1) is 10.1. The minimum atomic E-state index is -0.360. The van der Waals surface area contributed by atoms with Gasteiger partial charge in [-0.1, -0.05) is 18.7 Å². The highest BCUT2D eigenvalue weighted by Crippen LogP contribution is 2.19. The van der Waals surface area contributed by atoms with E-state index < -0.39 is 0 Å². The number of thioether (sulfide) groups is 1. The third kappa shape index (κ3) is 4.18. The smallest absolute Gasteiger partial charge is 0.232 e. The predicted octanol–water partition coefficient (Wildman–Crippen LogP) is 0.350. The topological polar surface area (TPSA) is 100 Å². The first-order valence-electron chi connectivity index (χ1n) is 6.76. The van der Waals surface area contributed by atoms with Crippen LogP contribution in [0.25, 0.3) is 0 Å². The van der Waals surface area contributed by atoms with Gasteiger partial charge in [-0.15, -0.1) is 5.10 Å². The average molecular weight is 313 g/mol. The van der Waals surface area contributed by atoms with Crippen molar-refractivity contribution in [3.63, 3.8) is 0 Å². The van der Waals surface area contributed by atoms with Gasteiger partial charge in [0.25, 0.3) is 0 Å². The highest BCUT2D eigenvalue weighted by Gasteiger charge is 2.34. The van der Waals surface area contributed by atoms with Gasteiger partial charge in [0.05, 0.1) is 12.5 Å². The van der Waals surface area contributed by atoms with E-state index in [2.05, 4.69) is 20.5 Å². The Morgan fingerprint density at radius 1 is 1.62 bits per heavy atom. The Hall–Kier alpha value is -1.61. The molecule has 1 fully saturated rings. The molecule has 1 aromatic heterocycles. The van der Waals surface area contributed by atoms with E-state index in [1.54, 1.807) is 12.0 Å². The summed E-state index contributed by atoms with van der Waals surface area (Å²) in [6, 6.07) is 0. The molecule has 0 aliphatic carbocycles. The van der Waals surface area contributed by atoms with Crippen LogP contribution in [-0.2, 0) is 14.3 Å². The van der Waals surface area contributed by atoms with E-state index in [4.69, 9.17) is 4.74 Å². The molecule has 1 saturated heterocycles. The lowest BCUT2D eigenvalue weighted by molar-refractivity contribution is -0.128. The third-order valence-corrected chi connectivity index (χ3v) is 3.86. The molecule has 0 radical (unpaired) electrons. The van der Waals surface area contributed by atoms with Crippen molar-refractivity contribution < 1.29 is 14.3 Å². The maximum Gasteiger partial charge on any atom is 0.232 e. The summed E-state index contributed by atoms with van der Waals surface area (Å²) in [7, 11) is 1.58. The summed E-state index contributed by atoms with van der Waals surface area (Å²) in [5.41, 5.74) is 0. The van der Waals surface area contributed by atoms with Crippen LogP contribution >= 0.6 is 11.8 Å². The normalized spacial score (nSPS) is 18.3. The van der Waals surface area contributed by atoms with Crippen LogP contribution in [0.4, 0.5) is 5.95 Å². The molecule has 116 valence electrons. The Bertz CT molecular complexity index is 507. The van der Waals surface area contributed by atoms with Crippen LogP contribution in [0.2, 0.25) is 0 Å². The monoisotopic (exact) mass is 313 g/mol. The second-order valence-corrected chi connectivity index (χ2v) is 5.85. The van der Waals surface area contributed by atoms with Crippen LogP contribution in [-0.4, -0.2) is 64.5 Å². The molecule has 9 heteroatoms. The number of amides is 2. The SMILES string of the molecule is CCSc1n[nH]c(NC(=O)C2CC(=O)N(CCOC)C2)n1. The summed E-state index contributed by atoms with van der Waals surface area (Å²) in [5.74, 6) is 0.580. The largest absolute Gasteiger partial charge is 0.383 e. The first kappa shape index (κ1) is 15.8. The van der Waals surface area contributed by atoms with Gasteiger partial charge in [-0.3, -0.25) is 14.9 Å². The lowest BCUT2D eigenvalue weighted by Gasteiger charge is -2.15. The lowest BCUT2D eigenvalue weighted by atomic mass is 10.1. The van der Waals surface area contributed by atoms with E-state index in [0.717, 1.165) is 5.75 Å². The molecule has 1 aliphatic rings. The van der Waals surface area contributed by atoms with Crippen molar-refractivity contribution in [2.45, 2.75) is 18.5 Å². The fourth-order valence-electron chi connectivity index (χ4n) is 2.08. The van der Waals surface area contributed by atoms with E-state index in [1.807, 2.05) is 6.92 Å². The zero-order valence-corrected chi connectivity index (χ0v) is 12.9. The van der Waals surface area contributed by atoms with Crippen molar-refractivity contribution in [3.8, 4) is 0 Å². The predicted molar refractivity (Wildman–Crippen MR) is 78.0 cm³/mol. The third-order valence-electron chi connectivity index (χ3n) is 3.13. The molecule has 0 saturated carbocycles. The van der Waals surface area contributed by atoms with E-state index in [-0.39, 0.29) is 24.2 Å². The minimum Gasteiger partial charge on any atom is -0.383 e. The number of hydrogen-bond acceptors (Lipinski definition) is 6. The zero-order chi connectivity index (χ0) is 15.2. The van der Waals surface area contributed by atoms with Gasteiger partial charge in [0, 0.05) is 26.6 Å². The first-order valence-corrected chi connectivity index (χ1v) is 7.75. The number of carbonyl (C=O) groups is 2. The van der Waals surface area contributed by atoms with Crippen molar-refractivity contribution in [2.24, 2.45) is 5.92 Å². The zero-order valence-electron chi connectivity index (χ0n) is 12.1. The number of rotatable bonds is 7. The molecule has 2 heterocycles. The quantitative estimate of drug-likeness (QED) is 0.705. The van der Waals surface area contributed by atoms with E-state index in [9.17, 15) is 9.59 Å². The molecule has 2 amide bonds. The maximum absolute atomic E-state index is 12.1. The van der Waals surface area contributed by atoms with Gasteiger partial charge in [-0.2, -0.15) is 4.98 Å².